The van der Waals surface area contributed by atoms with Gasteiger partial charge in [-0.2, -0.15) is 0 Å². The molecule has 1 aromatic carbocycles. The molecule has 2 rings (SSSR count). The van der Waals surface area contributed by atoms with Crippen molar-refractivity contribution in [2.24, 2.45) is 5.73 Å². The van der Waals surface area contributed by atoms with E-state index in [4.69, 9.17) is 10.5 Å². The standard InChI is InChI=1S/C12H14N2O3.ClH/c1-16-7-3-4-10-8(5-7)9(6-14-10)11(13)12(15)17-2;/h3-6,11,14H,13H2,1-2H3;1H/t11-;/m0./s1. The second-order valence-corrected chi connectivity index (χ2v) is 3.66. The number of hydrogen-bond acceptors (Lipinski definition) is 4. The van der Waals surface area contributed by atoms with Gasteiger partial charge in [-0.1, -0.05) is 0 Å². The van der Waals surface area contributed by atoms with Gasteiger partial charge in [-0.05, 0) is 18.2 Å². The number of aromatic nitrogens is 1. The summed E-state index contributed by atoms with van der Waals surface area (Å²) in [5, 5.41) is 0.863. The molecule has 0 amide bonds. The maximum Gasteiger partial charge on any atom is 0.327 e. The zero-order valence-corrected chi connectivity index (χ0v) is 10.9. The van der Waals surface area contributed by atoms with Gasteiger partial charge < -0.3 is 20.2 Å². The number of carbonyl (C=O) groups excluding carboxylic acids is 1. The number of ether oxygens (including phenoxy) is 2. The molecular formula is C12H15ClN2O3. The molecule has 0 aliphatic carbocycles. The molecule has 1 atom stereocenters. The lowest BCUT2D eigenvalue weighted by molar-refractivity contribution is -0.142. The Morgan fingerprint density at radius 3 is 2.72 bits per heavy atom. The van der Waals surface area contributed by atoms with Crippen molar-refractivity contribution in [2.45, 2.75) is 6.04 Å². The van der Waals surface area contributed by atoms with Crippen LogP contribution < -0.4 is 10.5 Å². The number of H-pyrrole nitrogens is 1. The number of nitrogens with two attached hydrogens (primary N) is 1. The van der Waals surface area contributed by atoms with Crippen molar-refractivity contribution < 1.29 is 14.3 Å². The van der Waals surface area contributed by atoms with Gasteiger partial charge in [0.25, 0.3) is 0 Å². The molecule has 0 saturated heterocycles. The number of fused-ring (bicyclic) bond motifs is 1. The smallest absolute Gasteiger partial charge is 0.327 e. The Morgan fingerprint density at radius 1 is 1.39 bits per heavy atom. The molecule has 98 valence electrons. The van der Waals surface area contributed by atoms with E-state index in [1.807, 2.05) is 18.2 Å². The molecule has 5 nitrogen and oxygen atoms in total. The summed E-state index contributed by atoms with van der Waals surface area (Å²) in [6.45, 7) is 0. The number of rotatable bonds is 3. The second kappa shape index (κ2) is 5.75. The molecule has 0 spiro atoms. The van der Waals surface area contributed by atoms with Gasteiger partial charge in [0.05, 0.1) is 14.2 Å². The van der Waals surface area contributed by atoms with E-state index < -0.39 is 12.0 Å². The Morgan fingerprint density at radius 2 is 2.11 bits per heavy atom. The summed E-state index contributed by atoms with van der Waals surface area (Å²) in [6.07, 6.45) is 1.71. The van der Waals surface area contributed by atoms with Crippen LogP contribution in [0.25, 0.3) is 10.9 Å². The summed E-state index contributed by atoms with van der Waals surface area (Å²) in [5.41, 5.74) is 7.42. The van der Waals surface area contributed by atoms with Gasteiger partial charge in [0.15, 0.2) is 0 Å². The van der Waals surface area contributed by atoms with E-state index in [9.17, 15) is 4.79 Å². The third-order valence-corrected chi connectivity index (χ3v) is 2.71. The molecule has 2 aromatic rings. The van der Waals surface area contributed by atoms with Crippen molar-refractivity contribution in [2.75, 3.05) is 14.2 Å². The molecule has 0 unspecified atom stereocenters. The van der Waals surface area contributed by atoms with Crippen LogP contribution in [0.1, 0.15) is 11.6 Å². The van der Waals surface area contributed by atoms with Crippen LogP contribution in [-0.4, -0.2) is 25.2 Å². The van der Waals surface area contributed by atoms with Gasteiger partial charge in [-0.25, -0.2) is 0 Å². The Kier molecular flexibility index (Phi) is 4.58. The molecule has 0 saturated carbocycles. The zero-order chi connectivity index (χ0) is 12.4. The lowest BCUT2D eigenvalue weighted by atomic mass is 10.1. The van der Waals surface area contributed by atoms with Gasteiger partial charge in [-0.3, -0.25) is 4.79 Å². The summed E-state index contributed by atoms with van der Waals surface area (Å²) >= 11 is 0. The fourth-order valence-electron chi connectivity index (χ4n) is 1.76. The lowest BCUT2D eigenvalue weighted by Crippen LogP contribution is -2.22. The van der Waals surface area contributed by atoms with E-state index in [1.165, 1.54) is 7.11 Å². The summed E-state index contributed by atoms with van der Waals surface area (Å²) < 4.78 is 9.77. The van der Waals surface area contributed by atoms with Crippen LogP contribution in [0.15, 0.2) is 24.4 Å². The number of methoxy groups -OCH3 is 2. The number of nitrogens with one attached hydrogen (secondary N) is 1. The zero-order valence-electron chi connectivity index (χ0n) is 10.1. The Hall–Kier alpha value is -1.72. The quantitative estimate of drug-likeness (QED) is 0.834. The Bertz CT molecular complexity index is 553. The normalized spacial score (nSPS) is 11.7. The average Bonchev–Trinajstić information content (AvgIpc) is 2.79. The van der Waals surface area contributed by atoms with Crippen LogP contribution in [-0.2, 0) is 9.53 Å². The lowest BCUT2D eigenvalue weighted by Gasteiger charge is -2.08. The van der Waals surface area contributed by atoms with E-state index in [-0.39, 0.29) is 12.4 Å². The third kappa shape index (κ3) is 2.42. The van der Waals surface area contributed by atoms with E-state index in [2.05, 4.69) is 9.72 Å². The highest BCUT2D eigenvalue weighted by Crippen LogP contribution is 2.27. The molecule has 18 heavy (non-hydrogen) atoms. The second-order valence-electron chi connectivity index (χ2n) is 3.66. The van der Waals surface area contributed by atoms with Crippen molar-refractivity contribution in [3.8, 4) is 5.75 Å². The van der Waals surface area contributed by atoms with Crippen LogP contribution in [0.5, 0.6) is 5.75 Å². The molecular weight excluding hydrogens is 256 g/mol. The number of hydrogen-bond donors (Lipinski definition) is 2. The highest BCUT2D eigenvalue weighted by atomic mass is 35.5. The number of benzene rings is 1. The highest BCUT2D eigenvalue weighted by molar-refractivity contribution is 5.90. The number of aromatic amines is 1. The van der Waals surface area contributed by atoms with Crippen LogP contribution in [0.3, 0.4) is 0 Å². The predicted octanol–water partition coefficient (Wildman–Crippen LogP) is 1.77. The average molecular weight is 271 g/mol. The summed E-state index contributed by atoms with van der Waals surface area (Å²) in [7, 11) is 2.91. The van der Waals surface area contributed by atoms with Crippen molar-refractivity contribution in [1.82, 2.24) is 4.98 Å². The summed E-state index contributed by atoms with van der Waals surface area (Å²) in [6, 6.07) is 4.76. The molecule has 1 heterocycles. The molecule has 6 heteroatoms. The molecule has 0 aliphatic heterocycles. The first kappa shape index (κ1) is 14.3. The SMILES string of the molecule is COC(=O)[C@@H](N)c1c[nH]c2ccc(OC)cc12.Cl. The molecule has 3 N–H and O–H groups in total. The van der Waals surface area contributed by atoms with E-state index in [0.717, 1.165) is 16.7 Å². The minimum Gasteiger partial charge on any atom is -0.497 e. The highest BCUT2D eigenvalue weighted by Gasteiger charge is 2.20. The van der Waals surface area contributed by atoms with E-state index in [0.29, 0.717) is 5.56 Å². The van der Waals surface area contributed by atoms with Crippen LogP contribution in [0.4, 0.5) is 0 Å². The number of halogens is 1. The molecule has 0 radical (unpaired) electrons. The summed E-state index contributed by atoms with van der Waals surface area (Å²) in [5.74, 6) is 0.254. The van der Waals surface area contributed by atoms with E-state index >= 15 is 0 Å². The fraction of sp³-hybridized carbons (Fsp3) is 0.250. The third-order valence-electron chi connectivity index (χ3n) is 2.71. The molecule has 0 aliphatic rings. The molecule has 0 bridgehead atoms. The van der Waals surface area contributed by atoms with Crippen molar-refractivity contribution in [3.63, 3.8) is 0 Å². The van der Waals surface area contributed by atoms with Gasteiger partial charge in [0.2, 0.25) is 0 Å². The minimum atomic E-state index is -0.791. The monoisotopic (exact) mass is 270 g/mol. The van der Waals surface area contributed by atoms with E-state index in [1.54, 1.807) is 13.3 Å². The first-order chi connectivity index (χ1) is 8.17. The largest absolute Gasteiger partial charge is 0.497 e. The van der Waals surface area contributed by atoms with Crippen LogP contribution >= 0.6 is 12.4 Å². The first-order valence-corrected chi connectivity index (χ1v) is 5.15. The van der Waals surface area contributed by atoms with Gasteiger partial charge in [0, 0.05) is 22.7 Å². The number of carbonyl (C=O) groups is 1. The van der Waals surface area contributed by atoms with Crippen LogP contribution in [0.2, 0.25) is 0 Å². The maximum atomic E-state index is 11.4. The van der Waals surface area contributed by atoms with Crippen molar-refractivity contribution >= 4 is 29.3 Å². The van der Waals surface area contributed by atoms with Gasteiger partial charge in [-0.15, -0.1) is 12.4 Å². The van der Waals surface area contributed by atoms with Crippen LogP contribution in [0, 0.1) is 0 Å². The Balaban J connectivity index is 0.00000162. The Labute approximate surface area is 111 Å². The number of esters is 1. The minimum absolute atomic E-state index is 0. The molecule has 0 fully saturated rings. The molecule has 1 aromatic heterocycles. The predicted molar refractivity (Wildman–Crippen MR) is 71.0 cm³/mol. The van der Waals surface area contributed by atoms with Gasteiger partial charge in [0.1, 0.15) is 11.8 Å². The topological polar surface area (TPSA) is 77.3 Å². The summed E-state index contributed by atoms with van der Waals surface area (Å²) in [4.78, 5) is 14.5. The van der Waals surface area contributed by atoms with Crippen molar-refractivity contribution in [3.05, 3.63) is 30.0 Å². The first-order valence-electron chi connectivity index (χ1n) is 5.15. The van der Waals surface area contributed by atoms with Crippen molar-refractivity contribution in [1.29, 1.82) is 0 Å². The van der Waals surface area contributed by atoms with Gasteiger partial charge >= 0.3 is 5.97 Å². The maximum absolute atomic E-state index is 11.4. The fourth-order valence-corrected chi connectivity index (χ4v) is 1.76.